The third-order valence-corrected chi connectivity index (χ3v) is 6.93. The number of thiophene rings is 1. The van der Waals surface area contributed by atoms with Crippen LogP contribution < -0.4 is 5.32 Å². The zero-order valence-electron chi connectivity index (χ0n) is 12.4. The first-order valence-electron chi connectivity index (χ1n) is 7.21. The fraction of sp³-hybridized carbons (Fsp3) is 0.714. The first-order valence-corrected chi connectivity index (χ1v) is 9.53. The molecule has 0 radical (unpaired) electrons. The van der Waals surface area contributed by atoms with Gasteiger partial charge in [0.15, 0.2) is 0 Å². The van der Waals surface area contributed by atoms with E-state index in [0.717, 1.165) is 25.1 Å². The molecule has 4 nitrogen and oxygen atoms in total. The monoisotopic (exact) mass is 316 g/mol. The van der Waals surface area contributed by atoms with E-state index >= 15 is 0 Å². The quantitative estimate of drug-likeness (QED) is 0.908. The number of hydrogen-bond donors (Lipinski definition) is 1. The molecule has 0 bridgehead atoms. The van der Waals surface area contributed by atoms with Gasteiger partial charge < -0.3 is 5.32 Å². The molecule has 1 aromatic heterocycles. The fourth-order valence-corrected chi connectivity index (χ4v) is 5.82. The highest BCUT2D eigenvalue weighted by molar-refractivity contribution is 7.91. The van der Waals surface area contributed by atoms with Crippen molar-refractivity contribution in [3.63, 3.8) is 0 Å². The predicted molar refractivity (Wildman–Crippen MR) is 83.4 cm³/mol. The molecule has 2 atom stereocenters. The smallest absolute Gasteiger partial charge is 0.252 e. The Morgan fingerprint density at radius 2 is 2.00 bits per heavy atom. The van der Waals surface area contributed by atoms with Gasteiger partial charge in [0.1, 0.15) is 4.21 Å². The highest BCUT2D eigenvalue weighted by Crippen LogP contribution is 2.29. The van der Waals surface area contributed by atoms with E-state index in [2.05, 4.69) is 19.2 Å². The summed E-state index contributed by atoms with van der Waals surface area (Å²) in [5.74, 6) is 0.879. The van der Waals surface area contributed by atoms with E-state index in [1.165, 1.54) is 11.3 Å². The molecule has 114 valence electrons. The van der Waals surface area contributed by atoms with Crippen molar-refractivity contribution in [2.24, 2.45) is 11.8 Å². The zero-order chi connectivity index (χ0) is 14.8. The van der Waals surface area contributed by atoms with E-state index in [9.17, 15) is 8.42 Å². The van der Waals surface area contributed by atoms with E-state index in [-0.39, 0.29) is 0 Å². The summed E-state index contributed by atoms with van der Waals surface area (Å²) < 4.78 is 27.5. The van der Waals surface area contributed by atoms with E-state index in [4.69, 9.17) is 0 Å². The molecule has 0 aromatic carbocycles. The van der Waals surface area contributed by atoms with Crippen LogP contribution >= 0.6 is 11.3 Å². The molecule has 2 heterocycles. The Balaban J connectivity index is 2.15. The van der Waals surface area contributed by atoms with E-state index < -0.39 is 10.0 Å². The molecule has 1 aromatic rings. The summed E-state index contributed by atoms with van der Waals surface area (Å²) in [5, 5.41) is 5.16. The van der Waals surface area contributed by atoms with Crippen LogP contribution in [0.2, 0.25) is 0 Å². The topological polar surface area (TPSA) is 49.4 Å². The number of hydrogen-bond acceptors (Lipinski definition) is 4. The molecule has 2 rings (SSSR count). The molecule has 1 fully saturated rings. The molecule has 2 unspecified atom stereocenters. The first-order chi connectivity index (χ1) is 9.43. The molecule has 0 aliphatic carbocycles. The van der Waals surface area contributed by atoms with Crippen LogP contribution in [0.5, 0.6) is 0 Å². The lowest BCUT2D eigenvalue weighted by molar-refractivity contribution is 0.223. The number of nitrogens with one attached hydrogen (secondary N) is 1. The Hall–Kier alpha value is -0.430. The summed E-state index contributed by atoms with van der Waals surface area (Å²) in [5.41, 5.74) is 1.05. The van der Waals surface area contributed by atoms with Gasteiger partial charge in [-0.2, -0.15) is 4.31 Å². The lowest BCUT2D eigenvalue weighted by Crippen LogP contribution is -2.42. The second-order valence-corrected chi connectivity index (χ2v) is 8.90. The molecule has 0 saturated carbocycles. The molecule has 1 saturated heterocycles. The van der Waals surface area contributed by atoms with E-state index in [0.29, 0.717) is 29.1 Å². The minimum atomic E-state index is -3.31. The second kappa shape index (κ2) is 6.56. The Labute approximate surface area is 126 Å². The largest absolute Gasteiger partial charge is 0.313 e. The molecular formula is C14H24N2O2S2. The number of rotatable bonds is 5. The van der Waals surface area contributed by atoms with Crippen molar-refractivity contribution < 1.29 is 8.42 Å². The Morgan fingerprint density at radius 3 is 2.60 bits per heavy atom. The molecule has 0 amide bonds. The number of sulfonamides is 1. The van der Waals surface area contributed by atoms with Gasteiger partial charge in [-0.25, -0.2) is 8.42 Å². The average molecular weight is 316 g/mol. The predicted octanol–water partition coefficient (Wildman–Crippen LogP) is 2.52. The summed E-state index contributed by atoms with van der Waals surface area (Å²) in [6.07, 6.45) is 1.11. The van der Waals surface area contributed by atoms with Gasteiger partial charge in [-0.15, -0.1) is 11.3 Å². The van der Waals surface area contributed by atoms with Crippen molar-refractivity contribution in [2.75, 3.05) is 19.6 Å². The van der Waals surface area contributed by atoms with Crippen LogP contribution in [0.4, 0.5) is 0 Å². The molecule has 1 N–H and O–H groups in total. The van der Waals surface area contributed by atoms with Gasteiger partial charge in [0.2, 0.25) is 0 Å². The van der Waals surface area contributed by atoms with Crippen molar-refractivity contribution in [1.29, 1.82) is 0 Å². The van der Waals surface area contributed by atoms with Crippen molar-refractivity contribution >= 4 is 21.4 Å². The lowest BCUT2D eigenvalue weighted by Gasteiger charge is -2.33. The van der Waals surface area contributed by atoms with E-state index in [1.807, 2.05) is 18.4 Å². The van der Waals surface area contributed by atoms with Gasteiger partial charge in [0.05, 0.1) is 0 Å². The SMILES string of the molecule is CCNCc1csc(S(=O)(=O)N2CC(C)CC(C)C2)c1. The van der Waals surface area contributed by atoms with Crippen LogP contribution in [0.3, 0.4) is 0 Å². The van der Waals surface area contributed by atoms with Gasteiger partial charge in [-0.05, 0) is 41.8 Å². The van der Waals surface area contributed by atoms with Gasteiger partial charge in [-0.3, -0.25) is 0 Å². The van der Waals surface area contributed by atoms with Gasteiger partial charge in [-0.1, -0.05) is 20.8 Å². The average Bonchev–Trinajstić information content (AvgIpc) is 2.84. The molecule has 20 heavy (non-hydrogen) atoms. The Kier molecular flexibility index (Phi) is 5.23. The van der Waals surface area contributed by atoms with E-state index in [1.54, 1.807) is 4.31 Å². The van der Waals surface area contributed by atoms with Crippen LogP contribution in [-0.2, 0) is 16.6 Å². The maximum absolute atomic E-state index is 12.7. The highest BCUT2D eigenvalue weighted by atomic mass is 32.2. The maximum Gasteiger partial charge on any atom is 0.252 e. The molecule has 1 aliphatic rings. The maximum atomic E-state index is 12.7. The third-order valence-electron chi connectivity index (χ3n) is 3.64. The van der Waals surface area contributed by atoms with Crippen LogP contribution in [0.1, 0.15) is 32.8 Å². The van der Waals surface area contributed by atoms with Crippen molar-refractivity contribution in [3.05, 3.63) is 17.0 Å². The first kappa shape index (κ1) is 15.9. The minimum absolute atomic E-state index is 0.440. The summed E-state index contributed by atoms with van der Waals surface area (Å²) in [6.45, 7) is 9.21. The Bertz CT molecular complexity index is 529. The Morgan fingerprint density at radius 1 is 1.35 bits per heavy atom. The van der Waals surface area contributed by atoms with Gasteiger partial charge >= 0.3 is 0 Å². The second-order valence-electron chi connectivity index (χ2n) is 5.82. The summed E-state index contributed by atoms with van der Waals surface area (Å²) in [6, 6.07) is 1.81. The minimum Gasteiger partial charge on any atom is -0.313 e. The molecular weight excluding hydrogens is 292 g/mol. The van der Waals surface area contributed by atoms with Crippen LogP contribution in [0.25, 0.3) is 0 Å². The van der Waals surface area contributed by atoms with Crippen molar-refractivity contribution in [1.82, 2.24) is 9.62 Å². The van der Waals surface area contributed by atoms with Crippen molar-refractivity contribution in [3.8, 4) is 0 Å². The van der Waals surface area contributed by atoms with Gasteiger partial charge in [0, 0.05) is 19.6 Å². The normalized spacial score (nSPS) is 24.9. The molecule has 1 aliphatic heterocycles. The van der Waals surface area contributed by atoms with Crippen LogP contribution in [0, 0.1) is 11.8 Å². The standard InChI is InChI=1S/C14H24N2O2S2/c1-4-15-7-13-6-14(19-10-13)20(17,18)16-8-11(2)5-12(3)9-16/h6,10-12,15H,4-5,7-9H2,1-3H3. The molecule has 6 heteroatoms. The van der Waals surface area contributed by atoms with Crippen LogP contribution in [-0.4, -0.2) is 32.4 Å². The molecule has 0 spiro atoms. The summed E-state index contributed by atoms with van der Waals surface area (Å²) in [7, 11) is -3.31. The number of nitrogens with zero attached hydrogens (tertiary/aromatic N) is 1. The van der Waals surface area contributed by atoms with Crippen LogP contribution in [0.15, 0.2) is 15.7 Å². The third kappa shape index (κ3) is 3.61. The number of piperidine rings is 1. The fourth-order valence-electron chi connectivity index (χ4n) is 2.78. The lowest BCUT2D eigenvalue weighted by atomic mass is 9.94. The van der Waals surface area contributed by atoms with Gasteiger partial charge in [0.25, 0.3) is 10.0 Å². The summed E-state index contributed by atoms with van der Waals surface area (Å²) >= 11 is 1.33. The highest BCUT2D eigenvalue weighted by Gasteiger charge is 2.32. The zero-order valence-corrected chi connectivity index (χ0v) is 14.1. The van der Waals surface area contributed by atoms with Crippen molar-refractivity contribution in [2.45, 2.75) is 37.9 Å². The summed E-state index contributed by atoms with van der Waals surface area (Å²) in [4.78, 5) is 0.